The Morgan fingerprint density at radius 1 is 0.800 bits per heavy atom. The minimum absolute atomic E-state index is 0.833. The molecule has 86 valence electrons. The van der Waals surface area contributed by atoms with Crippen molar-refractivity contribution in [3.05, 3.63) is 30.3 Å². The van der Waals surface area contributed by atoms with Crippen molar-refractivity contribution in [2.75, 3.05) is 0 Å². The third kappa shape index (κ3) is 11.4. The highest BCUT2D eigenvalue weighted by Gasteiger charge is 2.26. The number of hydrogen-bond donors (Lipinski definition) is 0. The van der Waals surface area contributed by atoms with Crippen molar-refractivity contribution in [1.82, 2.24) is 0 Å². The van der Waals surface area contributed by atoms with Gasteiger partial charge < -0.3 is 0 Å². The minimum atomic E-state index is -2.62. The summed E-state index contributed by atoms with van der Waals surface area (Å²) >= 11 is 28.1. The first-order chi connectivity index (χ1) is 6.61. The second-order valence-electron chi connectivity index (χ2n) is 3.19. The number of hydrogen-bond acceptors (Lipinski definition) is 0. The first-order valence-electron chi connectivity index (χ1n) is 4.11. The molecule has 0 atom stereocenters. The van der Waals surface area contributed by atoms with Crippen molar-refractivity contribution in [2.45, 2.75) is 13.1 Å². The molecule has 0 aliphatic carbocycles. The molecule has 15 heavy (non-hydrogen) atoms. The summed E-state index contributed by atoms with van der Waals surface area (Å²) in [6.07, 6.45) is 0. The van der Waals surface area contributed by atoms with E-state index in [0.717, 1.165) is 5.19 Å². The highest BCUT2D eigenvalue weighted by Crippen LogP contribution is 2.18. The fraction of sp³-hybridized carbons (Fsp3) is 0.250. The third-order valence-corrected chi connectivity index (χ3v) is 4.05. The van der Waals surface area contributed by atoms with Crippen LogP contribution in [0, 0.1) is 0 Å². The Bertz CT molecular complexity index is 271. The molecular weight excluding hydrogens is 330 g/mol. The molecule has 0 aliphatic rings. The van der Waals surface area contributed by atoms with Crippen LogP contribution in [0.5, 0.6) is 0 Å². The summed E-state index contributed by atoms with van der Waals surface area (Å²) in [6.45, 7) is 2.05. The molecule has 0 saturated heterocycles. The molecule has 0 spiro atoms. The first kappa shape index (κ1) is 16.1. The van der Waals surface area contributed by atoms with E-state index in [9.17, 15) is 0 Å². The molecule has 0 saturated carbocycles. The lowest BCUT2D eigenvalue weighted by Crippen LogP contribution is -2.29. The predicted octanol–water partition coefficient (Wildman–Crippen LogP) is 4.71. The SMILES string of the molecule is C[Si](C)(Cl)Cl.Cl[Si](Cl)(Cl)c1ccccc1. The fourth-order valence-corrected chi connectivity index (χ4v) is 2.33. The molecule has 0 radical (unpaired) electrons. The van der Waals surface area contributed by atoms with E-state index in [2.05, 4.69) is 0 Å². The van der Waals surface area contributed by atoms with Crippen molar-refractivity contribution in [2.24, 2.45) is 0 Å². The number of benzene rings is 1. The van der Waals surface area contributed by atoms with Gasteiger partial charge in [-0.15, -0.1) is 55.4 Å². The topological polar surface area (TPSA) is 0 Å². The third-order valence-electron chi connectivity index (χ3n) is 1.10. The molecule has 0 heterocycles. The van der Waals surface area contributed by atoms with Gasteiger partial charge in [-0.1, -0.05) is 30.3 Å². The van der Waals surface area contributed by atoms with Crippen molar-refractivity contribution in [3.8, 4) is 0 Å². The molecular formula is C8H11Cl5Si2. The Labute approximate surface area is 116 Å². The van der Waals surface area contributed by atoms with E-state index in [1.54, 1.807) is 0 Å². The van der Waals surface area contributed by atoms with Gasteiger partial charge in [-0.25, -0.2) is 0 Å². The van der Waals surface area contributed by atoms with E-state index >= 15 is 0 Å². The van der Waals surface area contributed by atoms with Gasteiger partial charge in [0.05, 0.1) is 0 Å². The summed E-state index contributed by atoms with van der Waals surface area (Å²) in [5.41, 5.74) is 0. The molecule has 0 aromatic heterocycles. The van der Waals surface area contributed by atoms with Gasteiger partial charge in [0.15, 0.2) is 0 Å². The maximum Gasteiger partial charge on any atom is 0.372 e. The highest BCUT2D eigenvalue weighted by atomic mass is 35.8. The smallest absolute Gasteiger partial charge is 0.146 e. The summed E-state index contributed by atoms with van der Waals surface area (Å²) in [4.78, 5) is 0. The molecule has 0 nitrogen and oxygen atoms in total. The monoisotopic (exact) mass is 338 g/mol. The summed E-state index contributed by atoms with van der Waals surface area (Å²) in [7, 11) is 0. The Balaban J connectivity index is 0.000000336. The van der Waals surface area contributed by atoms with Crippen LogP contribution in [-0.4, -0.2) is 12.7 Å². The molecule has 0 fully saturated rings. The zero-order valence-electron chi connectivity index (χ0n) is 8.28. The van der Waals surface area contributed by atoms with Gasteiger partial charge in [0.1, 0.15) is 0 Å². The zero-order valence-corrected chi connectivity index (χ0v) is 14.1. The highest BCUT2D eigenvalue weighted by molar-refractivity contribution is 7.69. The van der Waals surface area contributed by atoms with Gasteiger partial charge in [-0.3, -0.25) is 0 Å². The van der Waals surface area contributed by atoms with Crippen LogP contribution in [0.15, 0.2) is 30.3 Å². The maximum absolute atomic E-state index is 5.73. The zero-order chi connectivity index (χ0) is 12.1. The molecule has 0 amide bonds. The van der Waals surface area contributed by atoms with Gasteiger partial charge in [0.2, 0.25) is 6.69 Å². The quantitative estimate of drug-likeness (QED) is 0.513. The number of halogens is 5. The Kier molecular flexibility index (Phi) is 7.24. The lowest BCUT2D eigenvalue weighted by molar-refractivity contribution is 1.77. The second kappa shape index (κ2) is 6.75. The van der Waals surface area contributed by atoms with Crippen LogP contribution >= 0.6 is 55.4 Å². The first-order valence-corrected chi connectivity index (χ1v) is 14.2. The Hall–Kier alpha value is 1.10. The summed E-state index contributed by atoms with van der Waals surface area (Å²) in [5.74, 6) is 0. The average molecular weight is 341 g/mol. The summed E-state index contributed by atoms with van der Waals surface area (Å²) < 4.78 is 0. The molecule has 0 N–H and O–H groups in total. The van der Waals surface area contributed by atoms with Crippen molar-refractivity contribution >= 4 is 73.3 Å². The molecule has 1 aromatic carbocycles. The lowest BCUT2D eigenvalue weighted by atomic mass is 10.4. The van der Waals surface area contributed by atoms with E-state index in [1.807, 2.05) is 43.4 Å². The van der Waals surface area contributed by atoms with E-state index in [4.69, 9.17) is 55.4 Å². The fourth-order valence-electron chi connectivity index (χ4n) is 0.627. The predicted molar refractivity (Wildman–Crippen MR) is 78.6 cm³/mol. The van der Waals surface area contributed by atoms with Crippen LogP contribution in [0.3, 0.4) is 0 Å². The standard InChI is InChI=1S/C6H5Cl3Si.C2H6Cl2Si/c7-10(8,9)6-4-2-1-3-5-6;1-5(2,3)4/h1-5H;1-2H3. The van der Waals surface area contributed by atoms with Gasteiger partial charge >= 0.3 is 6.00 Å². The van der Waals surface area contributed by atoms with Crippen LogP contribution in [0.4, 0.5) is 0 Å². The number of rotatable bonds is 1. The van der Waals surface area contributed by atoms with E-state index < -0.39 is 12.7 Å². The van der Waals surface area contributed by atoms with Gasteiger partial charge in [-0.2, -0.15) is 0 Å². The van der Waals surface area contributed by atoms with Crippen LogP contribution < -0.4 is 5.19 Å². The molecule has 1 rings (SSSR count). The average Bonchev–Trinajstić information content (AvgIpc) is 2.01. The van der Waals surface area contributed by atoms with Crippen LogP contribution in [0.2, 0.25) is 13.1 Å². The molecule has 7 heteroatoms. The lowest BCUT2D eigenvalue weighted by Gasteiger charge is -2.05. The van der Waals surface area contributed by atoms with E-state index in [-0.39, 0.29) is 0 Å². The summed E-state index contributed by atoms with van der Waals surface area (Å²) in [5, 5.41) is 0.833. The maximum atomic E-state index is 5.73. The van der Waals surface area contributed by atoms with Gasteiger partial charge in [0, 0.05) is 0 Å². The summed E-state index contributed by atoms with van der Waals surface area (Å²) in [6, 6.07) is 6.68. The minimum Gasteiger partial charge on any atom is -0.146 e. The van der Waals surface area contributed by atoms with Gasteiger partial charge in [-0.05, 0) is 18.3 Å². The molecule has 1 aromatic rings. The molecule has 0 unspecified atom stereocenters. The van der Waals surface area contributed by atoms with Crippen LogP contribution in [0.1, 0.15) is 0 Å². The van der Waals surface area contributed by atoms with Gasteiger partial charge in [0.25, 0.3) is 0 Å². The van der Waals surface area contributed by atoms with E-state index in [0.29, 0.717) is 0 Å². The molecule has 0 aliphatic heterocycles. The van der Waals surface area contributed by atoms with Crippen LogP contribution in [-0.2, 0) is 0 Å². The second-order valence-corrected chi connectivity index (χ2v) is 20.5. The van der Waals surface area contributed by atoms with Crippen molar-refractivity contribution in [1.29, 1.82) is 0 Å². The van der Waals surface area contributed by atoms with Crippen LogP contribution in [0.25, 0.3) is 0 Å². The van der Waals surface area contributed by atoms with Crippen molar-refractivity contribution in [3.63, 3.8) is 0 Å². The largest absolute Gasteiger partial charge is 0.372 e. The Morgan fingerprint density at radius 2 is 1.13 bits per heavy atom. The van der Waals surface area contributed by atoms with Crippen molar-refractivity contribution < 1.29 is 0 Å². The normalized spacial score (nSPS) is 11.7. The van der Waals surface area contributed by atoms with E-state index in [1.165, 1.54) is 0 Å². The molecule has 0 bridgehead atoms. The Morgan fingerprint density at radius 3 is 1.33 bits per heavy atom.